The van der Waals surface area contributed by atoms with Gasteiger partial charge in [0.05, 0.1) is 19.8 Å². The van der Waals surface area contributed by atoms with E-state index in [0.717, 1.165) is 33.4 Å². The third kappa shape index (κ3) is 7.33. The van der Waals surface area contributed by atoms with Crippen LogP contribution >= 0.6 is 7.82 Å². The fraction of sp³-hybridized carbons (Fsp3) is 0.333. The van der Waals surface area contributed by atoms with Crippen LogP contribution in [0.15, 0.2) is 54.6 Å². The van der Waals surface area contributed by atoms with Gasteiger partial charge in [0.25, 0.3) is 0 Å². The Kier molecular flexibility index (Phi) is 9.35. The van der Waals surface area contributed by atoms with E-state index in [0.29, 0.717) is 37.1 Å². The Morgan fingerprint density at radius 2 is 0.829 bits per heavy atom. The Bertz CT molecular complexity index is 1050. The number of phosphoric acid groups is 1. The van der Waals surface area contributed by atoms with Crippen LogP contribution in [0.2, 0.25) is 0 Å². The monoisotopic (exact) mass is 500 g/mol. The van der Waals surface area contributed by atoms with Gasteiger partial charge in [0.2, 0.25) is 0 Å². The summed E-state index contributed by atoms with van der Waals surface area (Å²) in [5.41, 5.74) is 5.84. The van der Waals surface area contributed by atoms with E-state index in [1.165, 1.54) is 0 Å². The number of ether oxygens (including phenoxy) is 3. The van der Waals surface area contributed by atoms with Crippen LogP contribution in [-0.2, 0) is 38.6 Å². The highest BCUT2D eigenvalue weighted by molar-refractivity contribution is 7.49. The zero-order chi connectivity index (χ0) is 25.4. The fourth-order valence-corrected chi connectivity index (χ4v) is 4.80. The molecule has 0 amide bonds. The maximum absolute atomic E-state index is 13.9. The van der Waals surface area contributed by atoms with Gasteiger partial charge < -0.3 is 27.8 Å². The van der Waals surface area contributed by atoms with Crippen LogP contribution in [0.3, 0.4) is 0 Å². The lowest BCUT2D eigenvalue weighted by atomic mass is 10.1. The topological polar surface area (TPSA) is 72.5 Å². The normalized spacial score (nSPS) is 11.4. The molecule has 8 heteroatoms. The summed E-state index contributed by atoms with van der Waals surface area (Å²) in [7, 11) is 0.785. The molecule has 0 saturated heterocycles. The van der Waals surface area contributed by atoms with Gasteiger partial charge in [0.1, 0.15) is 17.2 Å². The van der Waals surface area contributed by atoms with Gasteiger partial charge in [-0.25, -0.2) is 0 Å². The van der Waals surface area contributed by atoms with Crippen LogP contribution < -0.4 is 13.6 Å². The molecule has 3 aromatic carbocycles. The first-order chi connectivity index (χ1) is 16.8. The largest absolute Gasteiger partial charge is 0.647 e. The van der Waals surface area contributed by atoms with E-state index in [9.17, 15) is 4.57 Å². The maximum atomic E-state index is 13.9. The molecule has 0 N–H and O–H groups in total. The second kappa shape index (κ2) is 12.2. The van der Waals surface area contributed by atoms with Gasteiger partial charge >= 0.3 is 7.82 Å². The second-order valence-corrected chi connectivity index (χ2v) is 9.73. The molecule has 0 saturated carbocycles. The molecule has 188 valence electrons. The SMILES string of the molecule is COCc1ccc(OP(=O)(Oc2ccc(COC)c(C)c2)Oc2ccc(COC)c(C)c2)cc1C. The molecule has 0 aliphatic carbocycles. The third-order valence-corrected chi connectivity index (χ3v) is 6.80. The van der Waals surface area contributed by atoms with Crippen molar-refractivity contribution in [3.05, 3.63) is 88.0 Å². The van der Waals surface area contributed by atoms with E-state index in [-0.39, 0.29) is 0 Å². The van der Waals surface area contributed by atoms with E-state index >= 15 is 0 Å². The number of benzene rings is 3. The van der Waals surface area contributed by atoms with Crippen molar-refractivity contribution >= 4 is 7.82 Å². The zero-order valence-electron chi connectivity index (χ0n) is 21.1. The molecule has 3 aromatic rings. The van der Waals surface area contributed by atoms with Gasteiger partial charge in [-0.15, -0.1) is 0 Å². The number of methoxy groups -OCH3 is 3. The Morgan fingerprint density at radius 3 is 1.06 bits per heavy atom. The van der Waals surface area contributed by atoms with Crippen molar-refractivity contribution in [2.24, 2.45) is 0 Å². The van der Waals surface area contributed by atoms with Gasteiger partial charge in [-0.05, 0) is 90.6 Å². The molecule has 0 aliphatic rings. The molecular formula is C27H33O7P. The number of phosphoric ester groups is 1. The molecular weight excluding hydrogens is 467 g/mol. The van der Waals surface area contributed by atoms with Crippen molar-refractivity contribution in [1.82, 2.24) is 0 Å². The van der Waals surface area contributed by atoms with E-state index in [1.807, 2.05) is 39.0 Å². The van der Waals surface area contributed by atoms with Crippen LogP contribution in [-0.4, -0.2) is 21.3 Å². The maximum Gasteiger partial charge on any atom is 0.647 e. The fourth-order valence-electron chi connectivity index (χ4n) is 3.57. The molecule has 0 bridgehead atoms. The van der Waals surface area contributed by atoms with Crippen molar-refractivity contribution in [1.29, 1.82) is 0 Å². The van der Waals surface area contributed by atoms with E-state index in [2.05, 4.69) is 0 Å². The molecule has 0 aliphatic heterocycles. The predicted octanol–water partition coefficient (Wildman–Crippen LogP) is 6.70. The lowest BCUT2D eigenvalue weighted by Crippen LogP contribution is -2.08. The Hall–Kier alpha value is -2.83. The first-order valence-electron chi connectivity index (χ1n) is 11.2. The quantitative estimate of drug-likeness (QED) is 0.256. The molecule has 0 radical (unpaired) electrons. The van der Waals surface area contributed by atoms with Gasteiger partial charge in [-0.1, -0.05) is 18.2 Å². The van der Waals surface area contributed by atoms with Gasteiger partial charge in [-0.3, -0.25) is 0 Å². The van der Waals surface area contributed by atoms with Crippen molar-refractivity contribution in [2.45, 2.75) is 40.6 Å². The van der Waals surface area contributed by atoms with E-state index in [4.69, 9.17) is 27.8 Å². The number of aryl methyl sites for hydroxylation is 3. The molecule has 0 unspecified atom stereocenters. The Labute approximate surface area is 207 Å². The molecule has 35 heavy (non-hydrogen) atoms. The van der Waals surface area contributed by atoms with Crippen molar-refractivity contribution in [2.75, 3.05) is 21.3 Å². The summed E-state index contributed by atoms with van der Waals surface area (Å²) in [6.07, 6.45) is 0. The molecule has 0 spiro atoms. The van der Waals surface area contributed by atoms with Crippen LogP contribution in [0, 0.1) is 20.8 Å². The summed E-state index contributed by atoms with van der Waals surface area (Å²) in [6, 6.07) is 16.1. The molecule has 3 rings (SSSR count). The average molecular weight is 501 g/mol. The van der Waals surface area contributed by atoms with Crippen molar-refractivity contribution < 1.29 is 32.3 Å². The minimum atomic E-state index is -4.13. The van der Waals surface area contributed by atoms with Crippen LogP contribution in [0.25, 0.3) is 0 Å². The average Bonchev–Trinajstić information content (AvgIpc) is 2.79. The highest BCUT2D eigenvalue weighted by Gasteiger charge is 2.33. The Balaban J connectivity index is 1.93. The Morgan fingerprint density at radius 1 is 0.543 bits per heavy atom. The van der Waals surface area contributed by atoms with Crippen molar-refractivity contribution in [3.8, 4) is 17.2 Å². The standard InChI is InChI=1S/C27H33O7P/c1-19-13-25(10-7-22(19)16-29-4)32-35(28,33-26-11-8-23(17-30-5)20(2)14-26)34-27-12-9-24(18-31-6)21(3)15-27/h7-15H,16-18H2,1-6H3. The zero-order valence-corrected chi connectivity index (χ0v) is 22.0. The lowest BCUT2D eigenvalue weighted by Gasteiger charge is -2.21. The number of hydrogen-bond acceptors (Lipinski definition) is 7. The first kappa shape index (κ1) is 26.8. The van der Waals surface area contributed by atoms with Gasteiger partial charge in [-0.2, -0.15) is 4.57 Å². The molecule has 0 aromatic heterocycles. The van der Waals surface area contributed by atoms with E-state index < -0.39 is 7.82 Å². The molecule has 7 nitrogen and oxygen atoms in total. The number of hydrogen-bond donors (Lipinski definition) is 0. The third-order valence-electron chi connectivity index (χ3n) is 5.49. The molecule has 0 atom stereocenters. The minimum Gasteiger partial charge on any atom is -0.386 e. The van der Waals surface area contributed by atoms with Crippen LogP contribution in [0.5, 0.6) is 17.2 Å². The molecule has 0 fully saturated rings. The summed E-state index contributed by atoms with van der Waals surface area (Å²) in [4.78, 5) is 0. The molecule has 0 heterocycles. The number of rotatable bonds is 12. The highest BCUT2D eigenvalue weighted by Crippen LogP contribution is 2.50. The van der Waals surface area contributed by atoms with Gasteiger partial charge in [0.15, 0.2) is 0 Å². The summed E-state index contributed by atoms with van der Waals surface area (Å²) >= 11 is 0. The second-order valence-electron chi connectivity index (χ2n) is 8.28. The van der Waals surface area contributed by atoms with E-state index in [1.54, 1.807) is 57.7 Å². The highest BCUT2D eigenvalue weighted by atomic mass is 31.2. The summed E-state index contributed by atoms with van der Waals surface area (Å²) in [5, 5.41) is 0. The smallest absolute Gasteiger partial charge is 0.386 e. The lowest BCUT2D eigenvalue weighted by molar-refractivity contribution is 0.184. The van der Waals surface area contributed by atoms with Crippen molar-refractivity contribution in [3.63, 3.8) is 0 Å². The van der Waals surface area contributed by atoms with Crippen LogP contribution in [0.1, 0.15) is 33.4 Å². The predicted molar refractivity (Wildman–Crippen MR) is 135 cm³/mol. The summed E-state index contributed by atoms with van der Waals surface area (Å²) in [5.74, 6) is 1.10. The summed E-state index contributed by atoms with van der Waals surface area (Å²) in [6.45, 7) is 7.21. The van der Waals surface area contributed by atoms with Gasteiger partial charge in [0, 0.05) is 21.3 Å². The first-order valence-corrected chi connectivity index (χ1v) is 12.7. The minimum absolute atomic E-state index is 0.367. The van der Waals surface area contributed by atoms with Crippen LogP contribution in [0.4, 0.5) is 0 Å². The summed E-state index contributed by atoms with van der Waals surface area (Å²) < 4.78 is 47.2.